The fraction of sp³-hybridized carbons (Fsp3) is 0.381. The van der Waals surface area contributed by atoms with Gasteiger partial charge in [0.25, 0.3) is 0 Å². The van der Waals surface area contributed by atoms with Crippen molar-refractivity contribution in [2.24, 2.45) is 0 Å². The lowest BCUT2D eigenvalue weighted by Gasteiger charge is -2.33. The molecule has 2 aromatic rings. The predicted molar refractivity (Wildman–Crippen MR) is 104 cm³/mol. The van der Waals surface area contributed by atoms with Crippen LogP contribution in [0.2, 0.25) is 0 Å². The Morgan fingerprint density at radius 3 is 2.56 bits per heavy atom. The van der Waals surface area contributed by atoms with Crippen LogP contribution in [-0.4, -0.2) is 38.9 Å². The topological polar surface area (TPSA) is 63.7 Å². The van der Waals surface area contributed by atoms with Crippen molar-refractivity contribution in [2.45, 2.75) is 37.0 Å². The standard InChI is InChI=1S/C21H25NO4S/c1-16-9-11-19(12-10-16)27(24,25)22-13-5-7-18(15-22)20-8-4-3-6-17(20)14-21(23)26-2/h3-4,6,8-12,18H,5,7,13-15H2,1-2H3. The van der Waals surface area contributed by atoms with Gasteiger partial charge < -0.3 is 4.74 Å². The van der Waals surface area contributed by atoms with Gasteiger partial charge in [-0.2, -0.15) is 4.31 Å². The zero-order valence-corrected chi connectivity index (χ0v) is 16.5. The summed E-state index contributed by atoms with van der Waals surface area (Å²) in [6, 6.07) is 14.7. The molecule has 1 heterocycles. The first-order chi connectivity index (χ1) is 12.9. The van der Waals surface area contributed by atoms with Gasteiger partial charge in [0.1, 0.15) is 0 Å². The molecule has 144 valence electrons. The maximum absolute atomic E-state index is 13.0. The van der Waals surface area contributed by atoms with Crippen LogP contribution in [-0.2, 0) is 26.0 Å². The Morgan fingerprint density at radius 2 is 1.85 bits per heavy atom. The number of esters is 1. The molecule has 0 amide bonds. The molecule has 27 heavy (non-hydrogen) atoms. The second kappa shape index (κ2) is 8.23. The third kappa shape index (κ3) is 4.39. The van der Waals surface area contributed by atoms with Gasteiger partial charge in [0, 0.05) is 13.1 Å². The first-order valence-corrected chi connectivity index (χ1v) is 10.6. The Hall–Kier alpha value is -2.18. The van der Waals surface area contributed by atoms with E-state index in [-0.39, 0.29) is 18.3 Å². The van der Waals surface area contributed by atoms with Crippen LogP contribution in [0.15, 0.2) is 53.4 Å². The van der Waals surface area contributed by atoms with Crippen LogP contribution < -0.4 is 0 Å². The van der Waals surface area contributed by atoms with Gasteiger partial charge in [0.15, 0.2) is 0 Å². The van der Waals surface area contributed by atoms with Gasteiger partial charge in [-0.3, -0.25) is 4.79 Å². The molecule has 1 fully saturated rings. The first kappa shape index (κ1) is 19.6. The largest absolute Gasteiger partial charge is 0.469 e. The van der Waals surface area contributed by atoms with Crippen LogP contribution in [0.25, 0.3) is 0 Å². The number of rotatable bonds is 5. The SMILES string of the molecule is COC(=O)Cc1ccccc1C1CCCN(S(=O)(=O)c2ccc(C)cc2)C1. The van der Waals surface area contributed by atoms with Gasteiger partial charge >= 0.3 is 5.97 Å². The number of carbonyl (C=O) groups is 1. The van der Waals surface area contributed by atoms with E-state index in [0.717, 1.165) is 29.5 Å². The number of benzene rings is 2. The zero-order valence-electron chi connectivity index (χ0n) is 15.7. The molecule has 0 radical (unpaired) electrons. The molecule has 0 saturated carbocycles. The number of carbonyl (C=O) groups excluding carboxylic acids is 1. The number of methoxy groups -OCH3 is 1. The quantitative estimate of drug-likeness (QED) is 0.739. The molecule has 1 atom stereocenters. The highest BCUT2D eigenvalue weighted by Gasteiger charge is 2.31. The van der Waals surface area contributed by atoms with Crippen LogP contribution in [0.5, 0.6) is 0 Å². The summed E-state index contributed by atoms with van der Waals surface area (Å²) in [7, 11) is -2.14. The second-order valence-corrected chi connectivity index (χ2v) is 8.90. The van der Waals surface area contributed by atoms with E-state index in [4.69, 9.17) is 4.74 Å². The highest BCUT2D eigenvalue weighted by Crippen LogP contribution is 2.32. The minimum Gasteiger partial charge on any atom is -0.469 e. The molecule has 1 saturated heterocycles. The van der Waals surface area contributed by atoms with Gasteiger partial charge in [-0.05, 0) is 48.9 Å². The van der Waals surface area contributed by atoms with Crippen LogP contribution in [0.3, 0.4) is 0 Å². The predicted octanol–water partition coefficient (Wildman–Crippen LogP) is 3.28. The molecule has 6 heteroatoms. The van der Waals surface area contributed by atoms with Crippen molar-refractivity contribution >= 4 is 16.0 Å². The van der Waals surface area contributed by atoms with Gasteiger partial charge in [0.2, 0.25) is 10.0 Å². The van der Waals surface area contributed by atoms with E-state index < -0.39 is 10.0 Å². The Bertz CT molecular complexity index is 906. The summed E-state index contributed by atoms with van der Waals surface area (Å²) < 4.78 is 32.4. The molecule has 1 aliphatic heterocycles. The first-order valence-electron chi connectivity index (χ1n) is 9.13. The van der Waals surface area contributed by atoms with Crippen molar-refractivity contribution in [3.05, 3.63) is 65.2 Å². The maximum atomic E-state index is 13.0. The number of hydrogen-bond acceptors (Lipinski definition) is 4. The Labute approximate surface area is 161 Å². The van der Waals surface area contributed by atoms with E-state index in [9.17, 15) is 13.2 Å². The third-order valence-electron chi connectivity index (χ3n) is 5.10. The number of ether oxygens (including phenoxy) is 1. The summed E-state index contributed by atoms with van der Waals surface area (Å²) >= 11 is 0. The molecule has 1 unspecified atom stereocenters. The van der Waals surface area contributed by atoms with Crippen molar-refractivity contribution in [3.63, 3.8) is 0 Å². The number of sulfonamides is 1. The number of aryl methyl sites for hydroxylation is 1. The van der Waals surface area contributed by atoms with Crippen molar-refractivity contribution < 1.29 is 17.9 Å². The van der Waals surface area contributed by atoms with Crippen LogP contribution in [0.1, 0.15) is 35.4 Å². The molecule has 0 aromatic heterocycles. The minimum atomic E-state index is -3.52. The normalized spacial score (nSPS) is 18.2. The molecule has 5 nitrogen and oxygen atoms in total. The fourth-order valence-corrected chi connectivity index (χ4v) is 5.12. The average Bonchev–Trinajstić information content (AvgIpc) is 2.69. The van der Waals surface area contributed by atoms with E-state index >= 15 is 0 Å². The molecular formula is C21H25NO4S. The Kier molecular flexibility index (Phi) is 5.97. The average molecular weight is 388 g/mol. The monoisotopic (exact) mass is 387 g/mol. The molecule has 3 rings (SSSR count). The summed E-state index contributed by atoms with van der Waals surface area (Å²) in [5, 5.41) is 0. The summed E-state index contributed by atoms with van der Waals surface area (Å²) in [6.45, 7) is 2.88. The summed E-state index contributed by atoms with van der Waals surface area (Å²) in [6.07, 6.45) is 1.90. The minimum absolute atomic E-state index is 0.0693. The number of piperidine rings is 1. The van der Waals surface area contributed by atoms with Crippen molar-refractivity contribution in [2.75, 3.05) is 20.2 Å². The van der Waals surface area contributed by atoms with Gasteiger partial charge in [-0.15, -0.1) is 0 Å². The van der Waals surface area contributed by atoms with Crippen LogP contribution >= 0.6 is 0 Å². The van der Waals surface area contributed by atoms with Gasteiger partial charge in [0.05, 0.1) is 18.4 Å². The molecule has 1 aliphatic rings. The molecule has 2 aromatic carbocycles. The highest BCUT2D eigenvalue weighted by molar-refractivity contribution is 7.89. The number of hydrogen-bond donors (Lipinski definition) is 0. The zero-order chi connectivity index (χ0) is 19.4. The summed E-state index contributed by atoms with van der Waals surface area (Å²) in [5.74, 6) is -0.220. The Morgan fingerprint density at radius 1 is 1.15 bits per heavy atom. The summed E-state index contributed by atoms with van der Waals surface area (Å²) in [5.41, 5.74) is 2.97. The number of nitrogens with zero attached hydrogens (tertiary/aromatic N) is 1. The summed E-state index contributed by atoms with van der Waals surface area (Å²) in [4.78, 5) is 12.1. The molecule has 0 aliphatic carbocycles. The van der Waals surface area contributed by atoms with Gasteiger partial charge in [-0.25, -0.2) is 8.42 Å². The lowest BCUT2D eigenvalue weighted by molar-refractivity contribution is -0.139. The van der Waals surface area contributed by atoms with Crippen molar-refractivity contribution in [1.29, 1.82) is 0 Å². The second-order valence-electron chi connectivity index (χ2n) is 6.97. The van der Waals surface area contributed by atoms with Gasteiger partial charge in [-0.1, -0.05) is 42.0 Å². The van der Waals surface area contributed by atoms with E-state index in [1.54, 1.807) is 16.4 Å². The lowest BCUT2D eigenvalue weighted by Crippen LogP contribution is -2.39. The lowest BCUT2D eigenvalue weighted by atomic mass is 9.87. The van der Waals surface area contributed by atoms with Crippen LogP contribution in [0.4, 0.5) is 0 Å². The molecule has 0 bridgehead atoms. The molecule has 0 N–H and O–H groups in total. The van der Waals surface area contributed by atoms with Crippen molar-refractivity contribution in [1.82, 2.24) is 4.31 Å². The molecular weight excluding hydrogens is 362 g/mol. The van der Waals surface area contributed by atoms with Crippen LogP contribution in [0, 0.1) is 6.92 Å². The van der Waals surface area contributed by atoms with E-state index in [1.165, 1.54) is 7.11 Å². The smallest absolute Gasteiger partial charge is 0.309 e. The highest BCUT2D eigenvalue weighted by atomic mass is 32.2. The Balaban J connectivity index is 1.84. The van der Waals surface area contributed by atoms with E-state index in [2.05, 4.69) is 0 Å². The van der Waals surface area contributed by atoms with E-state index in [1.807, 2.05) is 43.3 Å². The third-order valence-corrected chi connectivity index (χ3v) is 6.98. The van der Waals surface area contributed by atoms with E-state index in [0.29, 0.717) is 18.0 Å². The van der Waals surface area contributed by atoms with Crippen molar-refractivity contribution in [3.8, 4) is 0 Å². The maximum Gasteiger partial charge on any atom is 0.309 e. The molecule has 0 spiro atoms. The fourth-order valence-electron chi connectivity index (χ4n) is 3.60.